The van der Waals surface area contributed by atoms with Crippen molar-refractivity contribution in [1.29, 1.82) is 0 Å². The summed E-state index contributed by atoms with van der Waals surface area (Å²) in [6, 6.07) is 1.44. The number of carboxylic acids is 1. The molecule has 114 valence electrons. The molecule has 3 unspecified atom stereocenters. The maximum Gasteiger partial charge on any atom is 0.308 e. The third-order valence-electron chi connectivity index (χ3n) is 5.86. The molecule has 2 bridgehead atoms. The van der Waals surface area contributed by atoms with E-state index in [9.17, 15) is 9.90 Å². The van der Waals surface area contributed by atoms with Crippen LogP contribution < -0.4 is 0 Å². The van der Waals surface area contributed by atoms with Crippen molar-refractivity contribution in [3.63, 3.8) is 0 Å². The van der Waals surface area contributed by atoms with Gasteiger partial charge in [0.05, 0.1) is 5.92 Å². The van der Waals surface area contributed by atoms with Crippen molar-refractivity contribution >= 4 is 5.97 Å². The molecule has 2 heterocycles. The maximum atomic E-state index is 11.4. The number of hydrogen-bond donors (Lipinski definition) is 1. The van der Waals surface area contributed by atoms with Crippen LogP contribution in [0.4, 0.5) is 0 Å². The Kier molecular flexibility index (Phi) is 3.20. The van der Waals surface area contributed by atoms with Crippen molar-refractivity contribution in [2.75, 3.05) is 0 Å². The van der Waals surface area contributed by atoms with Gasteiger partial charge >= 0.3 is 5.97 Å². The molecule has 1 aliphatic carbocycles. The van der Waals surface area contributed by atoms with Crippen molar-refractivity contribution < 1.29 is 9.90 Å². The molecule has 0 aromatic heterocycles. The SMILES string of the molecule is CC1(C)CC(N2C3CCC2C(C(=O)O)C3)CC(C)(C)C1. The molecule has 1 saturated carbocycles. The summed E-state index contributed by atoms with van der Waals surface area (Å²) < 4.78 is 0. The van der Waals surface area contributed by atoms with E-state index in [1.165, 1.54) is 25.7 Å². The summed E-state index contributed by atoms with van der Waals surface area (Å²) in [6.07, 6.45) is 6.94. The van der Waals surface area contributed by atoms with Gasteiger partial charge < -0.3 is 5.11 Å². The molecule has 2 aliphatic heterocycles. The van der Waals surface area contributed by atoms with Gasteiger partial charge in [-0.3, -0.25) is 9.69 Å². The molecule has 0 aromatic rings. The molecule has 0 amide bonds. The average Bonchev–Trinajstić information content (AvgIpc) is 2.80. The molecule has 0 radical (unpaired) electrons. The van der Waals surface area contributed by atoms with Crippen LogP contribution in [0, 0.1) is 16.7 Å². The topological polar surface area (TPSA) is 40.5 Å². The van der Waals surface area contributed by atoms with Crippen LogP contribution in [0.3, 0.4) is 0 Å². The van der Waals surface area contributed by atoms with Gasteiger partial charge in [0, 0.05) is 18.1 Å². The first kappa shape index (κ1) is 14.4. The molecule has 3 fully saturated rings. The lowest BCUT2D eigenvalue weighted by Crippen LogP contribution is -2.49. The lowest BCUT2D eigenvalue weighted by atomic mass is 9.63. The number of fused-ring (bicyclic) bond motifs is 2. The lowest BCUT2D eigenvalue weighted by molar-refractivity contribution is -0.142. The Morgan fingerprint density at radius 1 is 1.05 bits per heavy atom. The van der Waals surface area contributed by atoms with E-state index in [2.05, 4.69) is 32.6 Å². The summed E-state index contributed by atoms with van der Waals surface area (Å²) in [5.41, 5.74) is 0.764. The highest BCUT2D eigenvalue weighted by Crippen LogP contribution is 2.52. The van der Waals surface area contributed by atoms with E-state index >= 15 is 0 Å². The summed E-state index contributed by atoms with van der Waals surface area (Å²) in [4.78, 5) is 14.1. The predicted octanol–water partition coefficient (Wildman–Crippen LogP) is 3.53. The molecule has 0 spiro atoms. The third kappa shape index (κ3) is 2.38. The van der Waals surface area contributed by atoms with Crippen molar-refractivity contribution in [3.8, 4) is 0 Å². The molecule has 3 nitrogen and oxygen atoms in total. The van der Waals surface area contributed by atoms with Crippen molar-refractivity contribution in [2.24, 2.45) is 16.7 Å². The molecule has 3 aliphatic rings. The Bertz CT molecular complexity index is 399. The van der Waals surface area contributed by atoms with Gasteiger partial charge in [0.2, 0.25) is 0 Å². The normalized spacial score (nSPS) is 40.1. The highest BCUT2D eigenvalue weighted by Gasteiger charge is 2.53. The van der Waals surface area contributed by atoms with Crippen molar-refractivity contribution in [1.82, 2.24) is 4.90 Å². The average molecular weight is 279 g/mol. The minimum Gasteiger partial charge on any atom is -0.481 e. The van der Waals surface area contributed by atoms with Gasteiger partial charge in [0.1, 0.15) is 0 Å². The Morgan fingerprint density at radius 3 is 2.15 bits per heavy atom. The first-order valence-electron chi connectivity index (χ1n) is 8.19. The van der Waals surface area contributed by atoms with Crippen LogP contribution >= 0.6 is 0 Å². The Labute approximate surface area is 122 Å². The summed E-state index contributed by atoms with van der Waals surface area (Å²) in [6.45, 7) is 9.53. The number of hydrogen-bond acceptors (Lipinski definition) is 2. The molecular weight excluding hydrogens is 250 g/mol. The van der Waals surface area contributed by atoms with Gasteiger partial charge in [-0.1, -0.05) is 27.7 Å². The summed E-state index contributed by atoms with van der Waals surface area (Å²) in [5, 5.41) is 9.43. The number of aliphatic carboxylic acids is 1. The minimum atomic E-state index is -0.573. The van der Waals surface area contributed by atoms with E-state index < -0.39 is 5.97 Å². The molecule has 1 N–H and O–H groups in total. The minimum absolute atomic E-state index is 0.109. The fourth-order valence-electron chi connectivity index (χ4n) is 5.86. The van der Waals surface area contributed by atoms with E-state index in [-0.39, 0.29) is 5.92 Å². The van der Waals surface area contributed by atoms with Gasteiger partial charge in [0.15, 0.2) is 0 Å². The third-order valence-corrected chi connectivity index (χ3v) is 5.86. The number of nitrogens with zero attached hydrogens (tertiary/aromatic N) is 1. The van der Waals surface area contributed by atoms with Crippen LogP contribution in [0.25, 0.3) is 0 Å². The largest absolute Gasteiger partial charge is 0.481 e. The molecule has 2 saturated heterocycles. The van der Waals surface area contributed by atoms with Gasteiger partial charge in [-0.15, -0.1) is 0 Å². The molecular formula is C17H29NO2. The quantitative estimate of drug-likeness (QED) is 0.840. The van der Waals surface area contributed by atoms with Crippen LogP contribution in [-0.2, 0) is 4.79 Å². The fraction of sp³-hybridized carbons (Fsp3) is 0.941. The predicted molar refractivity (Wildman–Crippen MR) is 79.6 cm³/mol. The molecule has 0 aromatic carbocycles. The Balaban J connectivity index is 1.81. The zero-order chi connectivity index (χ0) is 14.7. The zero-order valence-electron chi connectivity index (χ0n) is 13.4. The Hall–Kier alpha value is -0.570. The molecule has 3 heteroatoms. The highest BCUT2D eigenvalue weighted by molar-refractivity contribution is 5.71. The van der Waals surface area contributed by atoms with Gasteiger partial charge in [-0.2, -0.15) is 0 Å². The van der Waals surface area contributed by atoms with E-state index in [1.807, 2.05) is 0 Å². The second kappa shape index (κ2) is 4.46. The number of rotatable bonds is 2. The van der Waals surface area contributed by atoms with E-state index in [4.69, 9.17) is 0 Å². The molecule has 20 heavy (non-hydrogen) atoms. The van der Waals surface area contributed by atoms with Crippen molar-refractivity contribution in [3.05, 3.63) is 0 Å². The fourth-order valence-corrected chi connectivity index (χ4v) is 5.86. The van der Waals surface area contributed by atoms with Gasteiger partial charge in [-0.25, -0.2) is 0 Å². The van der Waals surface area contributed by atoms with E-state index in [0.29, 0.717) is 29.0 Å². The lowest BCUT2D eigenvalue weighted by Gasteiger charge is -2.49. The van der Waals surface area contributed by atoms with Crippen LogP contribution in [0.5, 0.6) is 0 Å². The summed E-state index contributed by atoms with van der Waals surface area (Å²) in [5.74, 6) is -0.682. The number of carboxylic acid groups (broad SMARTS) is 1. The Morgan fingerprint density at radius 2 is 1.65 bits per heavy atom. The monoisotopic (exact) mass is 279 g/mol. The van der Waals surface area contributed by atoms with Crippen LogP contribution in [0.15, 0.2) is 0 Å². The van der Waals surface area contributed by atoms with E-state index in [1.54, 1.807) is 0 Å². The highest BCUT2D eigenvalue weighted by atomic mass is 16.4. The first-order chi connectivity index (χ1) is 9.19. The molecule has 3 atom stereocenters. The first-order valence-corrected chi connectivity index (χ1v) is 8.19. The van der Waals surface area contributed by atoms with Crippen LogP contribution in [0.1, 0.15) is 66.2 Å². The zero-order valence-corrected chi connectivity index (χ0v) is 13.4. The summed E-state index contributed by atoms with van der Waals surface area (Å²) in [7, 11) is 0. The summed E-state index contributed by atoms with van der Waals surface area (Å²) >= 11 is 0. The second-order valence-corrected chi connectivity index (χ2v) is 8.99. The second-order valence-electron chi connectivity index (χ2n) is 8.99. The maximum absolute atomic E-state index is 11.4. The van der Waals surface area contributed by atoms with Crippen LogP contribution in [-0.4, -0.2) is 34.1 Å². The van der Waals surface area contributed by atoms with E-state index in [0.717, 1.165) is 12.8 Å². The standard InChI is InChI=1S/C17H29NO2/c1-16(2)8-12(9-17(3,4)10-16)18-11-5-6-14(18)13(7-11)15(19)20/h11-14H,5-10H2,1-4H3,(H,19,20). The van der Waals surface area contributed by atoms with Crippen LogP contribution in [0.2, 0.25) is 0 Å². The molecule has 3 rings (SSSR count). The smallest absolute Gasteiger partial charge is 0.308 e. The van der Waals surface area contributed by atoms with Gasteiger partial charge in [-0.05, 0) is 49.4 Å². The van der Waals surface area contributed by atoms with Crippen molar-refractivity contribution in [2.45, 2.75) is 84.3 Å². The van der Waals surface area contributed by atoms with Gasteiger partial charge in [0.25, 0.3) is 0 Å². The number of carbonyl (C=O) groups is 1.